The van der Waals surface area contributed by atoms with Crippen LogP contribution < -0.4 is 9.33 Å². The highest BCUT2D eigenvalue weighted by molar-refractivity contribution is 8.00. The van der Waals surface area contributed by atoms with Gasteiger partial charge in [0, 0.05) is 0 Å². The summed E-state index contributed by atoms with van der Waals surface area (Å²) in [5.41, 5.74) is 1.97. The van der Waals surface area contributed by atoms with Gasteiger partial charge in [0.25, 0.3) is 8.32 Å². The Hall–Kier alpha value is -1.86. The third kappa shape index (κ3) is 4.35. The fraction of sp³-hybridized carbons (Fsp3) is 0.409. The van der Waals surface area contributed by atoms with E-state index in [1.165, 1.54) is 30.0 Å². The van der Waals surface area contributed by atoms with E-state index in [-0.39, 0.29) is 22.4 Å². The number of carbonyl (C=O) groups is 1. The zero-order valence-corrected chi connectivity index (χ0v) is 19.5. The molecule has 1 aliphatic rings. The Bertz CT molecular complexity index is 943. The van der Waals surface area contributed by atoms with Crippen LogP contribution >= 0.6 is 11.8 Å². The lowest BCUT2D eigenvalue weighted by Crippen LogP contribution is -2.44. The number of carbonyl (C=O) groups excluding carboxylic acids is 1. The summed E-state index contributed by atoms with van der Waals surface area (Å²) in [5.74, 6) is -0.454. The molecule has 3 nitrogen and oxygen atoms in total. The number of rotatable bonds is 4. The fourth-order valence-corrected chi connectivity index (χ4v) is 5.13. The standard InChI is InChI=1S/C22H27F2NO2SSi/c1-14-7-9-16(23)12-18(14)25-20(26)13-28-21(25)15-8-10-19(17(24)11-15)27-29(5,6)22(2,3)4/h7-12,21H,13H2,1-6H3. The maximum atomic E-state index is 14.9. The van der Waals surface area contributed by atoms with Crippen molar-refractivity contribution in [2.45, 2.75) is 51.2 Å². The van der Waals surface area contributed by atoms with E-state index in [1.54, 1.807) is 23.1 Å². The molecule has 0 aromatic heterocycles. The van der Waals surface area contributed by atoms with Crippen LogP contribution in [0.1, 0.15) is 37.3 Å². The van der Waals surface area contributed by atoms with Crippen LogP contribution in [0.4, 0.5) is 14.5 Å². The van der Waals surface area contributed by atoms with Crippen molar-refractivity contribution in [2.75, 3.05) is 10.7 Å². The average Bonchev–Trinajstić information content (AvgIpc) is 2.99. The number of nitrogens with zero attached hydrogens (tertiary/aromatic N) is 1. The first-order valence-electron chi connectivity index (χ1n) is 9.59. The number of halogens is 2. The Kier molecular flexibility index (Phi) is 5.84. The Morgan fingerprint density at radius 1 is 1.14 bits per heavy atom. The summed E-state index contributed by atoms with van der Waals surface area (Å²) in [6, 6.07) is 9.25. The zero-order chi connectivity index (χ0) is 21.6. The fourth-order valence-electron chi connectivity index (χ4n) is 2.95. The minimum absolute atomic E-state index is 0.0441. The van der Waals surface area contributed by atoms with Gasteiger partial charge in [0.15, 0.2) is 5.82 Å². The highest BCUT2D eigenvalue weighted by Crippen LogP contribution is 2.44. The number of hydrogen-bond donors (Lipinski definition) is 0. The molecule has 1 saturated heterocycles. The first-order valence-corrected chi connectivity index (χ1v) is 13.5. The molecule has 0 spiro atoms. The summed E-state index contributed by atoms with van der Waals surface area (Å²) in [4.78, 5) is 14.1. The lowest BCUT2D eigenvalue weighted by atomic mass is 10.1. The van der Waals surface area contributed by atoms with Crippen molar-refractivity contribution < 1.29 is 18.0 Å². The molecule has 0 bridgehead atoms. The Balaban J connectivity index is 1.93. The number of aryl methyl sites for hydroxylation is 1. The Morgan fingerprint density at radius 2 is 1.83 bits per heavy atom. The van der Waals surface area contributed by atoms with E-state index in [0.29, 0.717) is 11.3 Å². The van der Waals surface area contributed by atoms with E-state index in [4.69, 9.17) is 4.43 Å². The number of benzene rings is 2. The normalized spacial score (nSPS) is 17.7. The minimum atomic E-state index is -2.17. The van der Waals surface area contributed by atoms with E-state index in [2.05, 4.69) is 33.9 Å². The van der Waals surface area contributed by atoms with Crippen LogP contribution in [-0.2, 0) is 4.79 Å². The lowest BCUT2D eigenvalue weighted by molar-refractivity contribution is -0.115. The highest BCUT2D eigenvalue weighted by Gasteiger charge is 2.40. The van der Waals surface area contributed by atoms with Gasteiger partial charge < -0.3 is 4.43 Å². The molecule has 0 radical (unpaired) electrons. The molecule has 156 valence electrons. The molecule has 0 N–H and O–H groups in total. The second kappa shape index (κ2) is 7.76. The molecule has 0 aliphatic carbocycles. The monoisotopic (exact) mass is 435 g/mol. The molecule has 7 heteroatoms. The topological polar surface area (TPSA) is 29.5 Å². The smallest absolute Gasteiger partial charge is 0.250 e. The van der Waals surface area contributed by atoms with Crippen molar-refractivity contribution in [2.24, 2.45) is 0 Å². The second-order valence-corrected chi connectivity index (χ2v) is 14.7. The molecule has 1 aliphatic heterocycles. The maximum Gasteiger partial charge on any atom is 0.250 e. The molecule has 1 unspecified atom stereocenters. The van der Waals surface area contributed by atoms with Crippen molar-refractivity contribution >= 4 is 31.7 Å². The SMILES string of the molecule is Cc1ccc(F)cc1N1C(=O)CSC1c1ccc(O[Si](C)(C)C(C)(C)C)c(F)c1. The van der Waals surface area contributed by atoms with Crippen molar-refractivity contribution in [3.8, 4) is 5.75 Å². The average molecular weight is 436 g/mol. The van der Waals surface area contributed by atoms with Crippen molar-refractivity contribution in [1.29, 1.82) is 0 Å². The first-order chi connectivity index (χ1) is 13.4. The van der Waals surface area contributed by atoms with Gasteiger partial charge in [-0.1, -0.05) is 32.9 Å². The van der Waals surface area contributed by atoms with E-state index in [9.17, 15) is 13.6 Å². The molecule has 3 rings (SSSR count). The van der Waals surface area contributed by atoms with Crippen molar-refractivity contribution in [3.63, 3.8) is 0 Å². The van der Waals surface area contributed by atoms with Crippen molar-refractivity contribution in [1.82, 2.24) is 0 Å². The second-order valence-electron chi connectivity index (χ2n) is 8.91. The Labute approximate surface area is 176 Å². The number of hydrogen-bond acceptors (Lipinski definition) is 3. The third-order valence-electron chi connectivity index (χ3n) is 5.71. The predicted octanol–water partition coefficient (Wildman–Crippen LogP) is 6.44. The summed E-state index contributed by atoms with van der Waals surface area (Å²) in [5, 5.41) is -0.447. The number of thioether (sulfide) groups is 1. The van der Waals surface area contributed by atoms with E-state index in [1.807, 2.05) is 6.92 Å². The van der Waals surface area contributed by atoms with Gasteiger partial charge in [-0.2, -0.15) is 0 Å². The summed E-state index contributed by atoms with van der Waals surface area (Å²) in [6.07, 6.45) is 0. The van der Waals surface area contributed by atoms with Gasteiger partial charge in [-0.3, -0.25) is 9.69 Å². The van der Waals surface area contributed by atoms with Gasteiger partial charge in [0.2, 0.25) is 5.91 Å². The molecule has 1 heterocycles. The third-order valence-corrected chi connectivity index (χ3v) is 11.3. The van der Waals surface area contributed by atoms with Crippen LogP contribution in [0.15, 0.2) is 36.4 Å². The summed E-state index contributed by atoms with van der Waals surface area (Å²) in [6.45, 7) is 12.3. The largest absolute Gasteiger partial charge is 0.542 e. The minimum Gasteiger partial charge on any atom is -0.542 e. The van der Waals surface area contributed by atoms with E-state index >= 15 is 0 Å². The number of amides is 1. The predicted molar refractivity (Wildman–Crippen MR) is 118 cm³/mol. The molecule has 0 saturated carbocycles. The van der Waals surface area contributed by atoms with Crippen LogP contribution in [0.3, 0.4) is 0 Å². The van der Waals surface area contributed by atoms with E-state index in [0.717, 1.165) is 5.56 Å². The maximum absolute atomic E-state index is 14.9. The van der Waals surface area contributed by atoms with Gasteiger partial charge >= 0.3 is 0 Å². The van der Waals surface area contributed by atoms with Gasteiger partial charge in [0.1, 0.15) is 16.9 Å². The summed E-state index contributed by atoms with van der Waals surface area (Å²) < 4.78 is 34.8. The van der Waals surface area contributed by atoms with Crippen LogP contribution in [0.2, 0.25) is 18.1 Å². The quantitative estimate of drug-likeness (QED) is 0.518. The lowest BCUT2D eigenvalue weighted by Gasteiger charge is -2.36. The van der Waals surface area contributed by atoms with Crippen LogP contribution in [0, 0.1) is 18.6 Å². The molecule has 29 heavy (non-hydrogen) atoms. The summed E-state index contributed by atoms with van der Waals surface area (Å²) in [7, 11) is -2.17. The zero-order valence-electron chi connectivity index (χ0n) is 17.7. The molecule has 1 amide bonds. The Morgan fingerprint density at radius 3 is 2.45 bits per heavy atom. The van der Waals surface area contributed by atoms with Gasteiger partial charge in [-0.25, -0.2) is 8.78 Å². The van der Waals surface area contributed by atoms with Crippen LogP contribution in [-0.4, -0.2) is 20.0 Å². The number of anilines is 1. The van der Waals surface area contributed by atoms with Gasteiger partial charge in [-0.15, -0.1) is 11.8 Å². The molecule has 1 atom stereocenters. The highest BCUT2D eigenvalue weighted by atomic mass is 32.2. The molecule has 2 aromatic carbocycles. The van der Waals surface area contributed by atoms with Crippen LogP contribution in [0.5, 0.6) is 5.75 Å². The van der Waals surface area contributed by atoms with Gasteiger partial charge in [-0.05, 0) is 60.4 Å². The van der Waals surface area contributed by atoms with E-state index < -0.39 is 25.3 Å². The molecular weight excluding hydrogens is 408 g/mol. The summed E-state index contributed by atoms with van der Waals surface area (Å²) >= 11 is 1.41. The van der Waals surface area contributed by atoms with Crippen molar-refractivity contribution in [3.05, 3.63) is 59.2 Å². The molecule has 1 fully saturated rings. The van der Waals surface area contributed by atoms with Gasteiger partial charge in [0.05, 0.1) is 11.4 Å². The van der Waals surface area contributed by atoms with Crippen LogP contribution in [0.25, 0.3) is 0 Å². The first kappa shape index (κ1) is 21.8. The molecule has 2 aromatic rings. The molecular formula is C22H27F2NO2SSi.